The van der Waals surface area contributed by atoms with E-state index in [0.29, 0.717) is 30.2 Å². The van der Waals surface area contributed by atoms with Gasteiger partial charge in [0.15, 0.2) is 0 Å². The highest BCUT2D eigenvalue weighted by Gasteiger charge is 2.30. The zero-order valence-electron chi connectivity index (χ0n) is 23.0. The number of nitrogens with zero attached hydrogens (tertiary/aromatic N) is 2. The van der Waals surface area contributed by atoms with Gasteiger partial charge >= 0.3 is 6.03 Å². The molecular formula is C27H46N4O5. The van der Waals surface area contributed by atoms with Gasteiger partial charge in [0.05, 0.1) is 30.4 Å². The van der Waals surface area contributed by atoms with E-state index in [4.69, 9.17) is 9.47 Å². The predicted octanol–water partition coefficient (Wildman–Crippen LogP) is 3.57. The number of anilines is 1. The Morgan fingerprint density at radius 3 is 2.58 bits per heavy atom. The third-order valence-corrected chi connectivity index (χ3v) is 6.27. The van der Waals surface area contributed by atoms with Crippen LogP contribution in [-0.2, 0) is 4.74 Å². The number of urea groups is 1. The Balaban J connectivity index is 2.46. The second-order valence-electron chi connectivity index (χ2n) is 10.5. The van der Waals surface area contributed by atoms with Gasteiger partial charge in [-0.1, -0.05) is 6.92 Å². The molecule has 1 aromatic carbocycles. The molecule has 1 aliphatic rings. The molecule has 0 aliphatic carbocycles. The number of benzene rings is 1. The smallest absolute Gasteiger partial charge is 0.319 e. The van der Waals surface area contributed by atoms with Crippen LogP contribution in [0.2, 0.25) is 0 Å². The maximum atomic E-state index is 14.0. The fraction of sp³-hybridized carbons (Fsp3) is 0.704. The monoisotopic (exact) mass is 506 g/mol. The molecule has 9 heteroatoms. The van der Waals surface area contributed by atoms with Crippen LogP contribution in [0.5, 0.6) is 5.75 Å². The Bertz CT molecular complexity index is 847. The van der Waals surface area contributed by atoms with Crippen molar-refractivity contribution in [3.8, 4) is 5.75 Å². The second-order valence-corrected chi connectivity index (χ2v) is 10.5. The van der Waals surface area contributed by atoms with E-state index in [-0.39, 0.29) is 42.7 Å². The van der Waals surface area contributed by atoms with Gasteiger partial charge < -0.3 is 35.0 Å². The predicted molar refractivity (Wildman–Crippen MR) is 143 cm³/mol. The van der Waals surface area contributed by atoms with Crippen molar-refractivity contribution in [3.05, 3.63) is 23.8 Å². The van der Waals surface area contributed by atoms with Crippen molar-refractivity contribution in [1.29, 1.82) is 0 Å². The number of nitrogens with one attached hydrogen (secondary N) is 2. The Morgan fingerprint density at radius 2 is 1.94 bits per heavy atom. The lowest BCUT2D eigenvalue weighted by Crippen LogP contribution is -2.47. The summed E-state index contributed by atoms with van der Waals surface area (Å²) < 4.78 is 12.5. The first-order chi connectivity index (χ1) is 17.0. The molecule has 0 saturated carbocycles. The van der Waals surface area contributed by atoms with E-state index >= 15 is 0 Å². The van der Waals surface area contributed by atoms with Crippen LogP contribution < -0.4 is 15.4 Å². The molecule has 0 radical (unpaired) electrons. The Labute approximate surface area is 216 Å². The van der Waals surface area contributed by atoms with E-state index < -0.39 is 6.04 Å². The molecule has 4 atom stereocenters. The molecule has 0 fully saturated rings. The molecule has 204 valence electrons. The van der Waals surface area contributed by atoms with Gasteiger partial charge in [0, 0.05) is 37.3 Å². The summed E-state index contributed by atoms with van der Waals surface area (Å²) in [6, 6.07) is 4.37. The van der Waals surface area contributed by atoms with Crippen molar-refractivity contribution in [2.45, 2.75) is 78.2 Å². The molecule has 2 rings (SSSR count). The maximum Gasteiger partial charge on any atom is 0.319 e. The average molecular weight is 507 g/mol. The number of fused-ring (bicyclic) bond motifs is 1. The van der Waals surface area contributed by atoms with Crippen molar-refractivity contribution in [3.63, 3.8) is 0 Å². The SMILES string of the molecule is CC(C)NC(=O)Nc1ccc2c(c1)C(=O)N([C@@H](C)CO)C[C@H](C)[C@@H](CN(C)C)OCCCC[C@H](C)O2. The lowest BCUT2D eigenvalue weighted by atomic mass is 10.0. The van der Waals surface area contributed by atoms with Crippen LogP contribution in [-0.4, -0.2) is 91.5 Å². The van der Waals surface area contributed by atoms with E-state index in [0.717, 1.165) is 25.8 Å². The zero-order valence-corrected chi connectivity index (χ0v) is 23.0. The van der Waals surface area contributed by atoms with Gasteiger partial charge in [-0.05, 0) is 79.3 Å². The van der Waals surface area contributed by atoms with Gasteiger partial charge in [-0.25, -0.2) is 4.79 Å². The molecule has 3 amide bonds. The number of hydrogen-bond acceptors (Lipinski definition) is 6. The van der Waals surface area contributed by atoms with Crippen LogP contribution in [0.1, 0.15) is 64.2 Å². The van der Waals surface area contributed by atoms with Crippen LogP contribution in [0.3, 0.4) is 0 Å². The molecule has 36 heavy (non-hydrogen) atoms. The largest absolute Gasteiger partial charge is 0.490 e. The highest BCUT2D eigenvalue weighted by Crippen LogP contribution is 2.28. The molecule has 3 N–H and O–H groups in total. The lowest BCUT2D eigenvalue weighted by molar-refractivity contribution is -0.0137. The minimum absolute atomic E-state index is 0.0205. The summed E-state index contributed by atoms with van der Waals surface area (Å²) in [5.74, 6) is 0.261. The van der Waals surface area contributed by atoms with E-state index in [1.165, 1.54) is 0 Å². The van der Waals surface area contributed by atoms with Crippen molar-refractivity contribution in [2.75, 3.05) is 45.7 Å². The lowest BCUT2D eigenvalue weighted by Gasteiger charge is -2.35. The van der Waals surface area contributed by atoms with Gasteiger partial charge in [-0.2, -0.15) is 0 Å². The molecule has 0 unspecified atom stereocenters. The molecule has 1 aliphatic heterocycles. The number of hydrogen-bond donors (Lipinski definition) is 3. The number of carbonyl (C=O) groups excluding carboxylic acids is 2. The zero-order chi connectivity index (χ0) is 26.8. The minimum Gasteiger partial charge on any atom is -0.490 e. The van der Waals surface area contributed by atoms with E-state index in [1.54, 1.807) is 23.1 Å². The standard InChI is InChI=1S/C27H46N4O5/c1-18(2)28-27(34)29-22-11-12-24-23(14-22)26(33)31(20(4)17-32)15-19(3)25(16-30(6)7)35-13-9-8-10-21(5)36-24/h11-12,14,18-21,25,32H,8-10,13,15-17H2,1-7H3,(H2,28,29,34)/t19-,20-,21-,25+/m0/s1. The summed E-state index contributed by atoms with van der Waals surface area (Å²) in [7, 11) is 4.03. The number of carbonyl (C=O) groups is 2. The van der Waals surface area contributed by atoms with Gasteiger partial charge in [0.1, 0.15) is 5.75 Å². The van der Waals surface area contributed by atoms with E-state index in [9.17, 15) is 14.7 Å². The van der Waals surface area contributed by atoms with Crippen molar-refractivity contribution in [2.24, 2.45) is 5.92 Å². The molecule has 1 heterocycles. The number of rotatable bonds is 6. The summed E-state index contributed by atoms with van der Waals surface area (Å²) in [4.78, 5) is 30.0. The van der Waals surface area contributed by atoms with Crippen molar-refractivity contribution >= 4 is 17.6 Å². The Kier molecular flexibility index (Phi) is 11.9. The number of aliphatic hydroxyl groups excluding tert-OH is 1. The quantitative estimate of drug-likeness (QED) is 0.545. The minimum atomic E-state index is -0.404. The summed E-state index contributed by atoms with van der Waals surface area (Å²) in [6.45, 7) is 11.3. The molecule has 0 bridgehead atoms. The third-order valence-electron chi connectivity index (χ3n) is 6.27. The first-order valence-corrected chi connectivity index (χ1v) is 13.1. The maximum absolute atomic E-state index is 14.0. The highest BCUT2D eigenvalue weighted by molar-refractivity contribution is 5.99. The third kappa shape index (κ3) is 9.26. The van der Waals surface area contributed by atoms with Crippen LogP contribution in [0.25, 0.3) is 0 Å². The van der Waals surface area contributed by atoms with Crippen LogP contribution in [0.4, 0.5) is 10.5 Å². The number of likely N-dealkylation sites (N-methyl/N-ethyl adjacent to an activating group) is 1. The molecule has 0 spiro atoms. The van der Waals surface area contributed by atoms with Crippen LogP contribution in [0, 0.1) is 5.92 Å². The number of aliphatic hydroxyl groups is 1. The summed E-state index contributed by atoms with van der Waals surface area (Å²) in [5, 5.41) is 15.6. The molecule has 0 aromatic heterocycles. The van der Waals surface area contributed by atoms with Gasteiger partial charge in [-0.3, -0.25) is 4.79 Å². The summed E-state index contributed by atoms with van der Waals surface area (Å²) in [6.07, 6.45) is 2.57. The van der Waals surface area contributed by atoms with E-state index in [2.05, 4.69) is 22.5 Å². The van der Waals surface area contributed by atoms with Crippen LogP contribution >= 0.6 is 0 Å². The summed E-state index contributed by atoms with van der Waals surface area (Å²) >= 11 is 0. The number of ether oxygens (including phenoxy) is 2. The van der Waals surface area contributed by atoms with Crippen molar-refractivity contribution < 1.29 is 24.2 Å². The second kappa shape index (κ2) is 14.4. The van der Waals surface area contributed by atoms with Crippen molar-refractivity contribution in [1.82, 2.24) is 15.1 Å². The molecule has 1 aromatic rings. The topological polar surface area (TPSA) is 103 Å². The van der Waals surface area contributed by atoms with Gasteiger partial charge in [0.25, 0.3) is 5.91 Å². The Morgan fingerprint density at radius 1 is 1.22 bits per heavy atom. The molecular weight excluding hydrogens is 460 g/mol. The van der Waals surface area contributed by atoms with Gasteiger partial charge in [-0.15, -0.1) is 0 Å². The molecule has 9 nitrogen and oxygen atoms in total. The fourth-order valence-corrected chi connectivity index (χ4v) is 4.25. The summed E-state index contributed by atoms with van der Waals surface area (Å²) in [5.41, 5.74) is 0.856. The first-order valence-electron chi connectivity index (χ1n) is 13.1. The van der Waals surface area contributed by atoms with Gasteiger partial charge in [0.2, 0.25) is 0 Å². The van der Waals surface area contributed by atoms with E-state index in [1.807, 2.05) is 41.8 Å². The Hall–Kier alpha value is -2.36. The first kappa shape index (κ1) is 29.9. The fourth-order valence-electron chi connectivity index (χ4n) is 4.25. The highest BCUT2D eigenvalue weighted by atomic mass is 16.5. The molecule has 0 saturated heterocycles. The number of amides is 3. The van der Waals surface area contributed by atoms with Crippen LogP contribution in [0.15, 0.2) is 18.2 Å². The average Bonchev–Trinajstić information content (AvgIpc) is 2.80. The normalized spacial score (nSPS) is 23.0.